The molecule has 0 unspecified atom stereocenters. The van der Waals surface area contributed by atoms with Gasteiger partial charge in [0, 0.05) is 0 Å². The van der Waals surface area contributed by atoms with E-state index in [-0.39, 0.29) is 18.2 Å². The zero-order chi connectivity index (χ0) is 19.1. The minimum Gasteiger partial charge on any atom is -0.423 e. The molecule has 0 aromatic heterocycles. The third-order valence-electron chi connectivity index (χ3n) is 3.91. The Bertz CT molecular complexity index is 825. The van der Waals surface area contributed by atoms with Crippen molar-refractivity contribution in [2.24, 2.45) is 0 Å². The molecule has 26 heavy (non-hydrogen) atoms. The molecule has 2 aromatic rings. The average Bonchev–Trinajstić information content (AvgIpc) is 2.92. The second-order valence-electron chi connectivity index (χ2n) is 5.79. The lowest BCUT2D eigenvalue weighted by molar-refractivity contribution is -0.143. The first kappa shape index (κ1) is 18.5. The summed E-state index contributed by atoms with van der Waals surface area (Å²) >= 11 is 0. The first-order valence-corrected chi connectivity index (χ1v) is 7.44. The smallest absolute Gasteiger partial charge is 0.423 e. The molecule has 0 bridgehead atoms. The Hall–Kier alpha value is -2.26. The van der Waals surface area contributed by atoms with Crippen LogP contribution in [0.2, 0.25) is 0 Å². The van der Waals surface area contributed by atoms with Gasteiger partial charge in [0.25, 0.3) is 0 Å². The largest absolute Gasteiger partial charge is 0.491 e. The molecule has 0 saturated heterocycles. The molecule has 1 heterocycles. The number of hydrogen-bond acceptors (Lipinski definition) is 2. The number of benzene rings is 2. The second-order valence-corrected chi connectivity index (χ2v) is 5.79. The van der Waals surface area contributed by atoms with Crippen molar-refractivity contribution in [1.82, 2.24) is 0 Å². The zero-order valence-corrected chi connectivity index (χ0v) is 13.0. The van der Waals surface area contributed by atoms with Gasteiger partial charge in [0.05, 0.1) is 17.7 Å². The Balaban J connectivity index is 1.95. The zero-order valence-electron chi connectivity index (χ0n) is 13.0. The van der Waals surface area contributed by atoms with E-state index in [0.29, 0.717) is 28.7 Å². The molecule has 0 fully saturated rings. The molecule has 0 amide bonds. The maximum Gasteiger partial charge on any atom is 0.491 e. The Kier molecular flexibility index (Phi) is 4.62. The summed E-state index contributed by atoms with van der Waals surface area (Å²) in [7, 11) is -1.03. The first-order valence-electron chi connectivity index (χ1n) is 7.44. The van der Waals surface area contributed by atoms with Gasteiger partial charge in [-0.05, 0) is 46.4 Å². The van der Waals surface area contributed by atoms with Crippen molar-refractivity contribution < 1.29 is 36.0 Å². The van der Waals surface area contributed by atoms with E-state index in [4.69, 9.17) is 4.65 Å². The van der Waals surface area contributed by atoms with Gasteiger partial charge in [-0.2, -0.15) is 26.3 Å². The van der Waals surface area contributed by atoms with Crippen molar-refractivity contribution in [2.75, 3.05) is 0 Å². The van der Waals surface area contributed by atoms with Crippen LogP contribution in [0.15, 0.2) is 36.4 Å². The molecule has 3 rings (SSSR count). The van der Waals surface area contributed by atoms with Crippen molar-refractivity contribution in [1.29, 1.82) is 0 Å². The van der Waals surface area contributed by atoms with Crippen LogP contribution in [-0.4, -0.2) is 12.1 Å². The number of alkyl halides is 6. The summed E-state index contributed by atoms with van der Waals surface area (Å²) in [5, 5.41) is 9.54. The van der Waals surface area contributed by atoms with Crippen LogP contribution in [0.5, 0.6) is 0 Å². The molecule has 1 aliphatic rings. The van der Waals surface area contributed by atoms with E-state index in [9.17, 15) is 31.4 Å². The number of fused-ring (bicyclic) bond motifs is 1. The van der Waals surface area contributed by atoms with Crippen LogP contribution in [0, 0.1) is 0 Å². The third-order valence-corrected chi connectivity index (χ3v) is 3.91. The Labute approximate surface area is 144 Å². The van der Waals surface area contributed by atoms with Gasteiger partial charge in [-0.3, -0.25) is 0 Å². The van der Waals surface area contributed by atoms with E-state index in [0.717, 1.165) is 0 Å². The maximum absolute atomic E-state index is 12.9. The monoisotopic (exact) mass is 372 g/mol. The highest BCUT2D eigenvalue weighted by atomic mass is 19.4. The van der Waals surface area contributed by atoms with E-state index >= 15 is 0 Å². The quantitative estimate of drug-likeness (QED) is 0.489. The summed E-state index contributed by atoms with van der Waals surface area (Å²) in [6, 6.07) is 6.25. The van der Waals surface area contributed by atoms with E-state index < -0.39 is 30.6 Å². The van der Waals surface area contributed by atoms with Crippen LogP contribution in [0.1, 0.15) is 27.8 Å². The van der Waals surface area contributed by atoms with Crippen molar-refractivity contribution in [2.45, 2.75) is 19.0 Å². The molecule has 2 aromatic carbocycles. The Morgan fingerprint density at radius 3 is 2.00 bits per heavy atom. The summed E-state index contributed by atoms with van der Waals surface area (Å²) in [5.74, 6) is 0. The lowest BCUT2D eigenvalue weighted by Crippen LogP contribution is -2.27. The van der Waals surface area contributed by atoms with Crippen molar-refractivity contribution in [3.05, 3.63) is 64.2 Å². The van der Waals surface area contributed by atoms with E-state index in [1.54, 1.807) is 18.2 Å². The van der Waals surface area contributed by atoms with Gasteiger partial charge in [-0.15, -0.1) is 0 Å². The van der Waals surface area contributed by atoms with Crippen molar-refractivity contribution >= 4 is 24.7 Å². The summed E-state index contributed by atoms with van der Waals surface area (Å²) in [4.78, 5) is 0. The predicted molar refractivity (Wildman–Crippen MR) is 84.2 cm³/mol. The fraction of sp³-hybridized carbons (Fsp3) is 0.176. The molecule has 2 nitrogen and oxygen atoms in total. The van der Waals surface area contributed by atoms with Gasteiger partial charge in [0.2, 0.25) is 0 Å². The molecule has 1 N–H and O–H groups in total. The second kappa shape index (κ2) is 6.48. The highest BCUT2D eigenvalue weighted by Crippen LogP contribution is 2.36. The minimum absolute atomic E-state index is 0.0888. The lowest BCUT2D eigenvalue weighted by atomic mass is 9.79. The maximum atomic E-state index is 12.9. The summed E-state index contributed by atoms with van der Waals surface area (Å²) < 4.78 is 82.2. The molecule has 136 valence electrons. The average molecular weight is 372 g/mol. The van der Waals surface area contributed by atoms with Crippen LogP contribution < -0.4 is 5.46 Å². The Morgan fingerprint density at radius 1 is 0.846 bits per heavy atom. The van der Waals surface area contributed by atoms with Gasteiger partial charge in [0.1, 0.15) is 0 Å². The molecular weight excluding hydrogens is 361 g/mol. The van der Waals surface area contributed by atoms with Crippen LogP contribution in [-0.2, 0) is 23.6 Å². The molecule has 0 spiro atoms. The fourth-order valence-corrected chi connectivity index (χ4v) is 2.62. The number of halogens is 6. The fourth-order valence-electron chi connectivity index (χ4n) is 2.62. The molecular formula is C17H11BF6O2. The molecule has 0 radical (unpaired) electrons. The lowest BCUT2D eigenvalue weighted by Gasteiger charge is -2.13. The van der Waals surface area contributed by atoms with Crippen LogP contribution >= 0.6 is 0 Å². The highest BCUT2D eigenvalue weighted by Gasteiger charge is 2.36. The summed E-state index contributed by atoms with van der Waals surface area (Å²) in [6.07, 6.45) is -7.19. The normalized spacial score (nSPS) is 15.0. The number of rotatable bonds is 2. The van der Waals surface area contributed by atoms with Gasteiger partial charge in [-0.1, -0.05) is 24.3 Å². The van der Waals surface area contributed by atoms with E-state index in [2.05, 4.69) is 0 Å². The van der Waals surface area contributed by atoms with Crippen molar-refractivity contribution in [3.63, 3.8) is 0 Å². The van der Waals surface area contributed by atoms with Crippen molar-refractivity contribution in [3.8, 4) is 0 Å². The molecule has 9 heteroatoms. The molecule has 0 atom stereocenters. The molecule has 0 aliphatic carbocycles. The van der Waals surface area contributed by atoms with Gasteiger partial charge in [-0.25, -0.2) is 0 Å². The standard InChI is InChI=1S/C17H11BF6O2/c19-16(20,21)13-6-11(7-14(8-13)17(22,23)24)2-1-10-3-4-15-12(5-10)9-26-18(15)25/h1-8,25H,9H2/b2-1+. The summed E-state index contributed by atoms with van der Waals surface area (Å²) in [5.41, 5.74) is -1.09. The topological polar surface area (TPSA) is 29.5 Å². The van der Waals surface area contributed by atoms with Crippen LogP contribution in [0.4, 0.5) is 26.3 Å². The van der Waals surface area contributed by atoms with E-state index in [1.165, 1.54) is 12.2 Å². The van der Waals surface area contributed by atoms with Crippen LogP contribution in [0.3, 0.4) is 0 Å². The molecule has 0 saturated carbocycles. The SMILES string of the molecule is OB1OCc2cc(/C=C/c3cc(C(F)(F)F)cc(C(F)(F)F)c3)ccc21. The third kappa shape index (κ3) is 3.94. The van der Waals surface area contributed by atoms with Gasteiger partial charge >= 0.3 is 19.5 Å². The van der Waals surface area contributed by atoms with E-state index in [1.807, 2.05) is 0 Å². The predicted octanol–water partition coefficient (Wildman–Crippen LogP) is 4.11. The summed E-state index contributed by atoms with van der Waals surface area (Å²) in [6.45, 7) is 0.181. The highest BCUT2D eigenvalue weighted by molar-refractivity contribution is 6.61. The minimum atomic E-state index is -4.88. The van der Waals surface area contributed by atoms with Gasteiger partial charge < -0.3 is 9.68 Å². The number of hydrogen-bond donors (Lipinski definition) is 1. The Morgan fingerprint density at radius 2 is 1.42 bits per heavy atom. The molecule has 1 aliphatic heterocycles. The van der Waals surface area contributed by atoms with Crippen LogP contribution in [0.25, 0.3) is 12.2 Å². The first-order chi connectivity index (χ1) is 12.0. The van der Waals surface area contributed by atoms with Gasteiger partial charge in [0.15, 0.2) is 0 Å².